The largest absolute Gasteiger partial charge is 0.337 e. The zero-order valence-corrected chi connectivity index (χ0v) is 20.1. The standard InChI is InChI=1S/C26H26FN5O3/c1-14-5-19(13-33)31(9-14)24(35)12-30-11-22(17(4)34)21-7-20(25(27)16(3)26(21)30)18-8-28-23-6-15(2)29-32(23)10-18/h6-8,10-11,13-14,19H,5,9,12H2,1-4H3. The summed E-state index contributed by atoms with van der Waals surface area (Å²) in [5.41, 5.74) is 3.51. The molecule has 0 spiro atoms. The highest BCUT2D eigenvalue weighted by molar-refractivity contribution is 6.09. The van der Waals surface area contributed by atoms with Crippen LogP contribution < -0.4 is 0 Å². The van der Waals surface area contributed by atoms with E-state index < -0.39 is 11.9 Å². The summed E-state index contributed by atoms with van der Waals surface area (Å²) in [5.74, 6) is -0.638. The highest BCUT2D eigenvalue weighted by atomic mass is 19.1. The van der Waals surface area contributed by atoms with Gasteiger partial charge in [-0.3, -0.25) is 9.59 Å². The van der Waals surface area contributed by atoms with Gasteiger partial charge in [-0.1, -0.05) is 6.92 Å². The van der Waals surface area contributed by atoms with Crippen molar-refractivity contribution in [2.75, 3.05) is 6.54 Å². The van der Waals surface area contributed by atoms with Gasteiger partial charge in [0.05, 0.1) is 17.3 Å². The number of ketones is 1. The Hall–Kier alpha value is -3.88. The Bertz CT molecular complexity index is 1520. The molecule has 1 aliphatic rings. The summed E-state index contributed by atoms with van der Waals surface area (Å²) in [5, 5.41) is 4.93. The first kappa shape index (κ1) is 22.9. The van der Waals surface area contributed by atoms with Crippen LogP contribution in [0.15, 0.2) is 30.7 Å². The lowest BCUT2D eigenvalue weighted by molar-refractivity contribution is -0.135. The van der Waals surface area contributed by atoms with E-state index in [4.69, 9.17) is 0 Å². The minimum atomic E-state index is -0.454. The maximum absolute atomic E-state index is 15.7. The molecular formula is C26H26FN5O3. The van der Waals surface area contributed by atoms with E-state index in [2.05, 4.69) is 10.1 Å². The molecule has 1 aliphatic heterocycles. The lowest BCUT2D eigenvalue weighted by Gasteiger charge is -2.21. The summed E-state index contributed by atoms with van der Waals surface area (Å²) in [6, 6.07) is 3.01. The van der Waals surface area contributed by atoms with Gasteiger partial charge >= 0.3 is 0 Å². The van der Waals surface area contributed by atoms with Crippen molar-refractivity contribution < 1.29 is 18.8 Å². The van der Waals surface area contributed by atoms with Crippen LogP contribution in [0.3, 0.4) is 0 Å². The zero-order chi connectivity index (χ0) is 25.0. The van der Waals surface area contributed by atoms with Crippen LogP contribution in [0.1, 0.15) is 41.9 Å². The van der Waals surface area contributed by atoms with Crippen molar-refractivity contribution in [1.82, 2.24) is 24.1 Å². The molecule has 1 saturated heterocycles. The Kier molecular flexibility index (Phi) is 5.50. The number of carbonyl (C=O) groups is 3. The number of aryl methyl sites for hydroxylation is 2. The van der Waals surface area contributed by atoms with E-state index in [1.54, 1.807) is 45.6 Å². The first-order valence-electron chi connectivity index (χ1n) is 11.6. The maximum atomic E-state index is 15.7. The summed E-state index contributed by atoms with van der Waals surface area (Å²) in [6.07, 6.45) is 6.34. The monoisotopic (exact) mass is 475 g/mol. The number of Topliss-reactive ketones (excluding diaryl/α,β-unsaturated/α-hetero) is 1. The molecule has 4 aromatic rings. The minimum Gasteiger partial charge on any atom is -0.337 e. The molecule has 1 amide bonds. The number of hydrogen-bond acceptors (Lipinski definition) is 5. The van der Waals surface area contributed by atoms with Gasteiger partial charge in [0.15, 0.2) is 11.4 Å². The van der Waals surface area contributed by atoms with Crippen molar-refractivity contribution >= 4 is 34.5 Å². The zero-order valence-electron chi connectivity index (χ0n) is 20.1. The summed E-state index contributed by atoms with van der Waals surface area (Å²) >= 11 is 0. The third-order valence-corrected chi connectivity index (χ3v) is 6.79. The van der Waals surface area contributed by atoms with E-state index in [0.29, 0.717) is 51.8 Å². The van der Waals surface area contributed by atoms with E-state index in [9.17, 15) is 14.4 Å². The Morgan fingerprint density at radius 3 is 2.71 bits per heavy atom. The summed E-state index contributed by atoms with van der Waals surface area (Å²) < 4.78 is 18.9. The Morgan fingerprint density at radius 1 is 1.23 bits per heavy atom. The van der Waals surface area contributed by atoms with Crippen LogP contribution in [0.5, 0.6) is 0 Å². The van der Waals surface area contributed by atoms with E-state index in [0.717, 1.165) is 12.0 Å². The number of aldehydes is 1. The smallest absolute Gasteiger partial charge is 0.243 e. The van der Waals surface area contributed by atoms with Crippen molar-refractivity contribution in [1.29, 1.82) is 0 Å². The second kappa shape index (κ2) is 8.41. The molecule has 0 saturated carbocycles. The predicted octanol–water partition coefficient (Wildman–Crippen LogP) is 3.75. The molecule has 0 radical (unpaired) electrons. The van der Waals surface area contributed by atoms with Crippen LogP contribution in [-0.4, -0.2) is 54.6 Å². The fourth-order valence-electron chi connectivity index (χ4n) is 5.14. The van der Waals surface area contributed by atoms with Crippen molar-refractivity contribution in [2.24, 2.45) is 5.92 Å². The summed E-state index contributed by atoms with van der Waals surface area (Å²) in [4.78, 5) is 43.0. The average molecular weight is 476 g/mol. The lowest BCUT2D eigenvalue weighted by atomic mass is 9.99. The second-order valence-corrected chi connectivity index (χ2v) is 9.51. The average Bonchev–Trinajstić information content (AvgIpc) is 3.49. The lowest BCUT2D eigenvalue weighted by Crippen LogP contribution is -2.38. The molecule has 0 bridgehead atoms. The van der Waals surface area contributed by atoms with Gasteiger partial charge in [0.2, 0.25) is 5.91 Å². The Balaban J connectivity index is 1.62. The van der Waals surface area contributed by atoms with Gasteiger partial charge in [-0.25, -0.2) is 13.9 Å². The highest BCUT2D eigenvalue weighted by Gasteiger charge is 2.33. The van der Waals surface area contributed by atoms with Crippen molar-refractivity contribution in [3.8, 4) is 11.1 Å². The predicted molar refractivity (Wildman–Crippen MR) is 129 cm³/mol. The molecule has 1 aromatic carbocycles. The molecule has 8 nitrogen and oxygen atoms in total. The van der Waals surface area contributed by atoms with Gasteiger partial charge in [-0.05, 0) is 39.2 Å². The third kappa shape index (κ3) is 3.80. The van der Waals surface area contributed by atoms with Gasteiger partial charge in [0.1, 0.15) is 18.6 Å². The SMILES string of the molecule is CC(=O)c1cn(CC(=O)N2CC(C)CC2C=O)c2c(C)c(F)c(-c3cnc4cc(C)nn4c3)cc12. The molecule has 3 aromatic heterocycles. The van der Waals surface area contributed by atoms with Gasteiger partial charge in [0, 0.05) is 58.8 Å². The molecular weight excluding hydrogens is 449 g/mol. The molecule has 35 heavy (non-hydrogen) atoms. The van der Waals surface area contributed by atoms with Crippen LogP contribution >= 0.6 is 0 Å². The van der Waals surface area contributed by atoms with Crippen molar-refractivity contribution in [3.63, 3.8) is 0 Å². The molecule has 2 atom stereocenters. The number of halogens is 1. The third-order valence-electron chi connectivity index (χ3n) is 6.79. The highest BCUT2D eigenvalue weighted by Crippen LogP contribution is 2.34. The van der Waals surface area contributed by atoms with Crippen molar-refractivity contribution in [3.05, 3.63) is 53.4 Å². The number of likely N-dealkylation sites (tertiary alicyclic amines) is 1. The number of amides is 1. The minimum absolute atomic E-state index is 0.0828. The number of benzene rings is 1. The van der Waals surface area contributed by atoms with Gasteiger partial charge in [-0.15, -0.1) is 0 Å². The van der Waals surface area contributed by atoms with Crippen LogP contribution in [0.25, 0.3) is 27.7 Å². The quantitative estimate of drug-likeness (QED) is 0.324. The van der Waals surface area contributed by atoms with Crippen LogP contribution in [0.4, 0.5) is 4.39 Å². The Labute approximate surface area is 201 Å². The summed E-state index contributed by atoms with van der Waals surface area (Å²) in [6.45, 7) is 7.36. The Morgan fingerprint density at radius 2 is 2.00 bits per heavy atom. The van der Waals surface area contributed by atoms with Crippen LogP contribution in [0, 0.1) is 25.6 Å². The molecule has 4 heterocycles. The molecule has 0 N–H and O–H groups in total. The number of carbonyl (C=O) groups excluding carboxylic acids is 3. The first-order chi connectivity index (χ1) is 16.7. The maximum Gasteiger partial charge on any atom is 0.243 e. The fourth-order valence-corrected chi connectivity index (χ4v) is 5.14. The normalized spacial score (nSPS) is 18.0. The summed E-state index contributed by atoms with van der Waals surface area (Å²) in [7, 11) is 0. The topological polar surface area (TPSA) is 89.6 Å². The molecule has 0 aliphatic carbocycles. The number of fused-ring (bicyclic) bond motifs is 2. The van der Waals surface area contributed by atoms with E-state index >= 15 is 4.39 Å². The number of aromatic nitrogens is 4. The van der Waals surface area contributed by atoms with E-state index in [1.807, 2.05) is 19.9 Å². The number of nitrogens with zero attached hydrogens (tertiary/aromatic N) is 5. The van der Waals surface area contributed by atoms with Gasteiger partial charge in [-0.2, -0.15) is 5.10 Å². The first-order valence-corrected chi connectivity index (χ1v) is 11.6. The van der Waals surface area contributed by atoms with Crippen molar-refractivity contribution in [2.45, 2.75) is 46.7 Å². The number of hydrogen-bond donors (Lipinski definition) is 0. The van der Waals surface area contributed by atoms with Crippen LogP contribution in [-0.2, 0) is 16.1 Å². The van der Waals surface area contributed by atoms with Gasteiger partial charge < -0.3 is 14.3 Å². The molecule has 2 unspecified atom stereocenters. The van der Waals surface area contributed by atoms with E-state index in [1.165, 1.54) is 6.92 Å². The fraction of sp³-hybridized carbons (Fsp3) is 0.346. The van der Waals surface area contributed by atoms with E-state index in [-0.39, 0.29) is 24.2 Å². The number of rotatable bonds is 5. The van der Waals surface area contributed by atoms with Crippen LogP contribution in [0.2, 0.25) is 0 Å². The second-order valence-electron chi connectivity index (χ2n) is 9.51. The molecule has 180 valence electrons. The molecule has 9 heteroatoms. The van der Waals surface area contributed by atoms with Gasteiger partial charge in [0.25, 0.3) is 0 Å². The molecule has 5 rings (SSSR count). The molecule has 1 fully saturated rings.